The standard InChI is InChI=1S/C20H25N3O3S/c1-15(24)21-16-11-13-17(14-12-16)22-19-9-5-6-10-20(19)23-27(25,26)18-7-3-2-4-8-18/h2-4,7-8,11-14,19-20,22-23H,5-6,9-10H2,1H3,(H,21,24)/t19-,20-/m1/s1. The summed E-state index contributed by atoms with van der Waals surface area (Å²) in [6.07, 6.45) is 3.76. The van der Waals surface area contributed by atoms with E-state index in [1.165, 1.54) is 6.92 Å². The van der Waals surface area contributed by atoms with Crippen LogP contribution in [0.2, 0.25) is 0 Å². The van der Waals surface area contributed by atoms with Crippen molar-refractivity contribution >= 4 is 27.3 Å². The highest BCUT2D eigenvalue weighted by Gasteiger charge is 2.29. The van der Waals surface area contributed by atoms with Gasteiger partial charge in [0.25, 0.3) is 0 Å². The van der Waals surface area contributed by atoms with Crippen LogP contribution >= 0.6 is 0 Å². The SMILES string of the molecule is CC(=O)Nc1ccc(N[C@@H]2CCCC[C@H]2NS(=O)(=O)c2ccccc2)cc1. The van der Waals surface area contributed by atoms with E-state index >= 15 is 0 Å². The largest absolute Gasteiger partial charge is 0.381 e. The van der Waals surface area contributed by atoms with Gasteiger partial charge < -0.3 is 10.6 Å². The van der Waals surface area contributed by atoms with E-state index in [0.717, 1.165) is 37.1 Å². The molecule has 0 saturated heterocycles. The number of rotatable bonds is 6. The van der Waals surface area contributed by atoms with Crippen LogP contribution in [-0.2, 0) is 14.8 Å². The van der Waals surface area contributed by atoms with Gasteiger partial charge in [0.2, 0.25) is 15.9 Å². The van der Waals surface area contributed by atoms with E-state index in [-0.39, 0.29) is 22.9 Å². The predicted octanol–water partition coefficient (Wildman–Crippen LogP) is 3.35. The third-order valence-electron chi connectivity index (χ3n) is 4.68. The van der Waals surface area contributed by atoms with Crippen molar-refractivity contribution in [2.45, 2.75) is 49.6 Å². The van der Waals surface area contributed by atoms with Crippen molar-refractivity contribution in [2.24, 2.45) is 0 Å². The van der Waals surface area contributed by atoms with Gasteiger partial charge in [-0.25, -0.2) is 13.1 Å². The first-order valence-corrected chi connectivity index (χ1v) is 10.6. The predicted molar refractivity (Wildman–Crippen MR) is 107 cm³/mol. The first-order chi connectivity index (χ1) is 12.9. The second-order valence-corrected chi connectivity index (χ2v) is 8.55. The van der Waals surface area contributed by atoms with Crippen molar-refractivity contribution in [2.75, 3.05) is 10.6 Å². The molecule has 27 heavy (non-hydrogen) atoms. The minimum atomic E-state index is -3.54. The van der Waals surface area contributed by atoms with Crippen LogP contribution in [0, 0.1) is 0 Å². The topological polar surface area (TPSA) is 87.3 Å². The number of hydrogen-bond acceptors (Lipinski definition) is 4. The van der Waals surface area contributed by atoms with E-state index < -0.39 is 10.0 Å². The zero-order valence-electron chi connectivity index (χ0n) is 15.3. The third kappa shape index (κ3) is 5.30. The van der Waals surface area contributed by atoms with E-state index in [2.05, 4.69) is 15.4 Å². The molecular formula is C20H25N3O3S. The summed E-state index contributed by atoms with van der Waals surface area (Å²) in [5, 5.41) is 6.18. The summed E-state index contributed by atoms with van der Waals surface area (Å²) in [6.45, 7) is 1.47. The summed E-state index contributed by atoms with van der Waals surface area (Å²) >= 11 is 0. The van der Waals surface area contributed by atoms with Crippen molar-refractivity contribution < 1.29 is 13.2 Å². The fraction of sp³-hybridized carbons (Fsp3) is 0.350. The zero-order valence-corrected chi connectivity index (χ0v) is 16.1. The van der Waals surface area contributed by atoms with Gasteiger partial charge in [0.1, 0.15) is 0 Å². The Hall–Kier alpha value is -2.38. The molecule has 2 aromatic rings. The minimum Gasteiger partial charge on any atom is -0.381 e. The highest BCUT2D eigenvalue weighted by molar-refractivity contribution is 7.89. The number of amides is 1. The molecule has 3 rings (SSSR count). The lowest BCUT2D eigenvalue weighted by Crippen LogP contribution is -2.48. The van der Waals surface area contributed by atoms with Gasteiger partial charge in [-0.15, -0.1) is 0 Å². The van der Waals surface area contributed by atoms with E-state index in [9.17, 15) is 13.2 Å². The number of sulfonamides is 1. The van der Waals surface area contributed by atoms with Crippen LogP contribution in [0.4, 0.5) is 11.4 Å². The van der Waals surface area contributed by atoms with Gasteiger partial charge in [-0.1, -0.05) is 31.0 Å². The molecule has 0 aliphatic heterocycles. The molecule has 144 valence electrons. The molecule has 0 bridgehead atoms. The van der Waals surface area contributed by atoms with Gasteiger partial charge in [0, 0.05) is 30.4 Å². The van der Waals surface area contributed by atoms with E-state index in [4.69, 9.17) is 0 Å². The number of carbonyl (C=O) groups excluding carboxylic acids is 1. The first kappa shape index (κ1) is 19.4. The van der Waals surface area contributed by atoms with E-state index in [1.807, 2.05) is 24.3 Å². The summed E-state index contributed by atoms with van der Waals surface area (Å²) in [7, 11) is -3.54. The third-order valence-corrected chi connectivity index (χ3v) is 6.19. The molecule has 1 saturated carbocycles. The summed E-state index contributed by atoms with van der Waals surface area (Å²) in [6, 6.07) is 15.8. The monoisotopic (exact) mass is 387 g/mol. The number of benzene rings is 2. The Morgan fingerprint density at radius 2 is 1.48 bits per heavy atom. The van der Waals surface area contributed by atoms with Crippen LogP contribution in [-0.4, -0.2) is 26.4 Å². The summed E-state index contributed by atoms with van der Waals surface area (Å²) in [5.74, 6) is -0.113. The molecule has 1 aliphatic carbocycles. The first-order valence-electron chi connectivity index (χ1n) is 9.15. The molecule has 0 radical (unpaired) electrons. The van der Waals surface area contributed by atoms with Crippen LogP contribution in [0.3, 0.4) is 0 Å². The molecule has 3 N–H and O–H groups in total. The highest BCUT2D eigenvalue weighted by Crippen LogP contribution is 2.25. The van der Waals surface area contributed by atoms with Crippen LogP contribution in [0.15, 0.2) is 59.5 Å². The van der Waals surface area contributed by atoms with Crippen LogP contribution < -0.4 is 15.4 Å². The van der Waals surface area contributed by atoms with Crippen molar-refractivity contribution in [1.29, 1.82) is 0 Å². The zero-order chi connectivity index (χ0) is 19.3. The second kappa shape index (κ2) is 8.54. The van der Waals surface area contributed by atoms with E-state index in [1.54, 1.807) is 30.3 Å². The van der Waals surface area contributed by atoms with Gasteiger partial charge in [0.15, 0.2) is 0 Å². The molecule has 0 aromatic heterocycles. The maximum atomic E-state index is 12.7. The lowest BCUT2D eigenvalue weighted by atomic mass is 9.91. The molecule has 6 nitrogen and oxygen atoms in total. The van der Waals surface area contributed by atoms with Crippen molar-refractivity contribution in [3.05, 3.63) is 54.6 Å². The highest BCUT2D eigenvalue weighted by atomic mass is 32.2. The summed E-state index contributed by atoms with van der Waals surface area (Å²) in [5.41, 5.74) is 1.64. The molecule has 2 aromatic carbocycles. The number of hydrogen-bond donors (Lipinski definition) is 3. The molecule has 0 heterocycles. The fourth-order valence-electron chi connectivity index (χ4n) is 3.38. The molecular weight excluding hydrogens is 362 g/mol. The Morgan fingerprint density at radius 3 is 2.11 bits per heavy atom. The molecule has 1 fully saturated rings. The molecule has 2 atom stereocenters. The van der Waals surface area contributed by atoms with Crippen LogP contribution in [0.25, 0.3) is 0 Å². The van der Waals surface area contributed by atoms with Crippen molar-refractivity contribution in [1.82, 2.24) is 4.72 Å². The van der Waals surface area contributed by atoms with E-state index in [0.29, 0.717) is 0 Å². The second-order valence-electron chi connectivity index (χ2n) is 6.83. The summed E-state index contributed by atoms with van der Waals surface area (Å²) < 4.78 is 28.2. The lowest BCUT2D eigenvalue weighted by molar-refractivity contribution is -0.114. The average molecular weight is 388 g/mol. The number of carbonyl (C=O) groups is 1. The Balaban J connectivity index is 1.69. The van der Waals surface area contributed by atoms with Gasteiger partial charge >= 0.3 is 0 Å². The quantitative estimate of drug-likeness (QED) is 0.709. The molecule has 1 aliphatic rings. The number of nitrogens with one attached hydrogen (secondary N) is 3. The Morgan fingerprint density at radius 1 is 0.889 bits per heavy atom. The molecule has 0 spiro atoms. The average Bonchev–Trinajstić information content (AvgIpc) is 2.65. The Labute approximate surface area is 160 Å². The normalized spacial score (nSPS) is 20.0. The maximum Gasteiger partial charge on any atom is 0.240 e. The maximum absolute atomic E-state index is 12.7. The number of anilines is 2. The summed E-state index contributed by atoms with van der Waals surface area (Å²) in [4.78, 5) is 11.4. The Kier molecular flexibility index (Phi) is 6.13. The van der Waals surface area contributed by atoms with Gasteiger partial charge in [-0.3, -0.25) is 4.79 Å². The molecule has 7 heteroatoms. The van der Waals surface area contributed by atoms with Gasteiger partial charge in [-0.05, 0) is 49.2 Å². The van der Waals surface area contributed by atoms with Crippen LogP contribution in [0.5, 0.6) is 0 Å². The van der Waals surface area contributed by atoms with Gasteiger partial charge in [0.05, 0.1) is 4.90 Å². The molecule has 1 amide bonds. The Bertz CT molecular complexity index is 867. The molecule has 0 unspecified atom stereocenters. The van der Waals surface area contributed by atoms with Crippen molar-refractivity contribution in [3.63, 3.8) is 0 Å². The van der Waals surface area contributed by atoms with Gasteiger partial charge in [-0.2, -0.15) is 0 Å². The lowest BCUT2D eigenvalue weighted by Gasteiger charge is -2.33. The minimum absolute atomic E-state index is 0.0175. The fourth-order valence-corrected chi connectivity index (χ4v) is 4.71. The van der Waals surface area contributed by atoms with Crippen molar-refractivity contribution in [3.8, 4) is 0 Å². The smallest absolute Gasteiger partial charge is 0.240 e. The van der Waals surface area contributed by atoms with Crippen LogP contribution in [0.1, 0.15) is 32.6 Å².